The predicted octanol–water partition coefficient (Wildman–Crippen LogP) is 3.66. The van der Waals surface area contributed by atoms with Crippen LogP contribution in [0.4, 0.5) is 10.1 Å². The summed E-state index contributed by atoms with van der Waals surface area (Å²) in [6, 6.07) is 11.3. The van der Waals surface area contributed by atoms with Gasteiger partial charge >= 0.3 is 0 Å². The highest BCUT2D eigenvalue weighted by Crippen LogP contribution is 2.18. The van der Waals surface area contributed by atoms with Gasteiger partial charge in [0.05, 0.1) is 11.6 Å². The van der Waals surface area contributed by atoms with Gasteiger partial charge in [-0.25, -0.2) is 4.39 Å². The zero-order valence-electron chi connectivity index (χ0n) is 10.9. The predicted molar refractivity (Wildman–Crippen MR) is 80.8 cm³/mol. The van der Waals surface area contributed by atoms with Crippen LogP contribution >= 0.6 is 15.9 Å². The lowest BCUT2D eigenvalue weighted by Crippen LogP contribution is -2.27. The minimum absolute atomic E-state index is 0.0473. The van der Waals surface area contributed by atoms with Gasteiger partial charge in [-0.1, -0.05) is 28.1 Å². The van der Waals surface area contributed by atoms with E-state index < -0.39 is 11.7 Å². The van der Waals surface area contributed by atoms with Crippen LogP contribution in [0.1, 0.15) is 28.9 Å². The summed E-state index contributed by atoms with van der Waals surface area (Å²) in [6.45, 7) is 1.84. The lowest BCUT2D eigenvalue weighted by Gasteiger charge is -2.15. The Kier molecular flexibility index (Phi) is 4.39. The second-order valence-electron chi connectivity index (χ2n) is 4.49. The molecule has 0 aliphatic rings. The number of nitrogens with one attached hydrogen (secondary N) is 1. The van der Waals surface area contributed by atoms with E-state index in [0.717, 1.165) is 10.0 Å². The Morgan fingerprint density at radius 2 is 1.90 bits per heavy atom. The van der Waals surface area contributed by atoms with Gasteiger partial charge in [0.25, 0.3) is 5.91 Å². The Hall–Kier alpha value is -1.88. The van der Waals surface area contributed by atoms with Crippen molar-refractivity contribution >= 4 is 27.5 Å². The summed E-state index contributed by atoms with van der Waals surface area (Å²) in [5, 5.41) is 2.75. The van der Waals surface area contributed by atoms with Crippen molar-refractivity contribution in [1.29, 1.82) is 0 Å². The highest BCUT2D eigenvalue weighted by Gasteiger charge is 2.15. The second kappa shape index (κ2) is 6.05. The molecule has 0 spiro atoms. The lowest BCUT2D eigenvalue weighted by atomic mass is 10.1. The number of nitrogens with two attached hydrogens (primary N) is 1. The van der Waals surface area contributed by atoms with E-state index in [-0.39, 0.29) is 11.6 Å². The van der Waals surface area contributed by atoms with Crippen molar-refractivity contribution in [3.8, 4) is 0 Å². The van der Waals surface area contributed by atoms with E-state index >= 15 is 0 Å². The maximum Gasteiger partial charge on any atom is 0.254 e. The number of nitrogen functional groups attached to an aromatic ring is 1. The Bertz CT molecular complexity index is 628. The molecule has 0 aliphatic heterocycles. The van der Waals surface area contributed by atoms with E-state index in [4.69, 9.17) is 5.73 Å². The Labute approximate surface area is 125 Å². The number of amides is 1. The summed E-state index contributed by atoms with van der Waals surface area (Å²) in [4.78, 5) is 12.1. The van der Waals surface area contributed by atoms with Gasteiger partial charge in [-0.05, 0) is 42.8 Å². The molecule has 20 heavy (non-hydrogen) atoms. The van der Waals surface area contributed by atoms with E-state index in [1.165, 1.54) is 18.2 Å². The molecule has 2 aromatic rings. The normalized spacial score (nSPS) is 11.9. The number of benzene rings is 2. The zero-order valence-corrected chi connectivity index (χ0v) is 12.4. The molecule has 0 heterocycles. The minimum Gasteiger partial charge on any atom is -0.399 e. The third-order valence-corrected chi connectivity index (χ3v) is 3.48. The quantitative estimate of drug-likeness (QED) is 0.840. The highest BCUT2D eigenvalue weighted by atomic mass is 79.9. The van der Waals surface area contributed by atoms with Crippen molar-refractivity contribution in [3.05, 3.63) is 63.9 Å². The summed E-state index contributed by atoms with van der Waals surface area (Å²) in [7, 11) is 0. The van der Waals surface area contributed by atoms with E-state index in [9.17, 15) is 9.18 Å². The molecule has 2 aromatic carbocycles. The Morgan fingerprint density at radius 3 is 2.55 bits per heavy atom. The summed E-state index contributed by atoms with van der Waals surface area (Å²) < 4.78 is 14.6. The van der Waals surface area contributed by atoms with Crippen LogP contribution in [0.5, 0.6) is 0 Å². The van der Waals surface area contributed by atoms with Crippen LogP contribution in [-0.2, 0) is 0 Å². The maximum atomic E-state index is 13.6. The van der Waals surface area contributed by atoms with Gasteiger partial charge in [0.2, 0.25) is 0 Å². The van der Waals surface area contributed by atoms with Crippen molar-refractivity contribution in [2.24, 2.45) is 0 Å². The monoisotopic (exact) mass is 336 g/mol. The number of rotatable bonds is 3. The molecule has 3 N–H and O–H groups in total. The lowest BCUT2D eigenvalue weighted by molar-refractivity contribution is 0.0936. The van der Waals surface area contributed by atoms with Gasteiger partial charge in [-0.15, -0.1) is 0 Å². The average Bonchev–Trinajstić information content (AvgIpc) is 2.42. The summed E-state index contributed by atoms with van der Waals surface area (Å²) >= 11 is 3.35. The molecule has 1 amide bonds. The van der Waals surface area contributed by atoms with Gasteiger partial charge < -0.3 is 11.1 Å². The first-order valence-electron chi connectivity index (χ1n) is 6.08. The van der Waals surface area contributed by atoms with E-state index in [1.54, 1.807) is 0 Å². The molecule has 0 saturated heterocycles. The first-order chi connectivity index (χ1) is 9.47. The number of carbonyl (C=O) groups is 1. The topological polar surface area (TPSA) is 55.1 Å². The third-order valence-electron chi connectivity index (χ3n) is 2.95. The SMILES string of the molecule is C[C@H](NC(=O)c1cc(N)ccc1F)c1ccc(Br)cc1. The second-order valence-corrected chi connectivity index (χ2v) is 5.40. The van der Waals surface area contributed by atoms with Crippen molar-refractivity contribution in [2.45, 2.75) is 13.0 Å². The maximum absolute atomic E-state index is 13.6. The van der Waals surface area contributed by atoms with Crippen LogP contribution in [0.25, 0.3) is 0 Å². The first kappa shape index (κ1) is 14.5. The Balaban J connectivity index is 2.15. The molecule has 1 atom stereocenters. The number of hydrogen-bond acceptors (Lipinski definition) is 2. The summed E-state index contributed by atoms with van der Waals surface area (Å²) in [6.07, 6.45) is 0. The van der Waals surface area contributed by atoms with Crippen molar-refractivity contribution in [3.63, 3.8) is 0 Å². The smallest absolute Gasteiger partial charge is 0.254 e. The van der Waals surface area contributed by atoms with Crippen LogP contribution in [0, 0.1) is 5.82 Å². The van der Waals surface area contributed by atoms with Gasteiger partial charge in [0, 0.05) is 10.2 Å². The summed E-state index contributed by atoms with van der Waals surface area (Å²) in [5.41, 5.74) is 6.82. The first-order valence-corrected chi connectivity index (χ1v) is 6.88. The van der Waals surface area contributed by atoms with Crippen LogP contribution in [-0.4, -0.2) is 5.91 Å². The molecule has 0 saturated carbocycles. The van der Waals surface area contributed by atoms with Crippen molar-refractivity contribution < 1.29 is 9.18 Å². The molecular weight excluding hydrogens is 323 g/mol. The van der Waals surface area contributed by atoms with Gasteiger partial charge in [0.15, 0.2) is 0 Å². The fourth-order valence-electron chi connectivity index (χ4n) is 1.83. The zero-order chi connectivity index (χ0) is 14.7. The van der Waals surface area contributed by atoms with Crippen LogP contribution in [0.3, 0.4) is 0 Å². The van der Waals surface area contributed by atoms with Crippen molar-refractivity contribution in [1.82, 2.24) is 5.32 Å². The Morgan fingerprint density at radius 1 is 1.25 bits per heavy atom. The van der Waals surface area contributed by atoms with E-state index in [0.29, 0.717) is 5.69 Å². The number of halogens is 2. The highest BCUT2D eigenvalue weighted by molar-refractivity contribution is 9.10. The molecule has 5 heteroatoms. The van der Waals surface area contributed by atoms with Gasteiger partial charge in [-0.2, -0.15) is 0 Å². The third kappa shape index (κ3) is 3.36. The molecule has 0 bridgehead atoms. The molecule has 104 valence electrons. The molecule has 2 rings (SSSR count). The fourth-order valence-corrected chi connectivity index (χ4v) is 2.09. The molecule has 3 nitrogen and oxygen atoms in total. The van der Waals surface area contributed by atoms with Crippen LogP contribution in [0.15, 0.2) is 46.9 Å². The van der Waals surface area contributed by atoms with E-state index in [2.05, 4.69) is 21.2 Å². The number of carbonyl (C=O) groups excluding carboxylic acids is 1. The summed E-state index contributed by atoms with van der Waals surface area (Å²) in [5.74, 6) is -1.06. The molecule has 0 aliphatic carbocycles. The average molecular weight is 337 g/mol. The van der Waals surface area contributed by atoms with Crippen LogP contribution < -0.4 is 11.1 Å². The molecule has 0 radical (unpaired) electrons. The molecule has 0 fully saturated rings. The van der Waals surface area contributed by atoms with Gasteiger partial charge in [-0.3, -0.25) is 4.79 Å². The fraction of sp³-hybridized carbons (Fsp3) is 0.133. The van der Waals surface area contributed by atoms with Gasteiger partial charge in [0.1, 0.15) is 5.82 Å². The largest absolute Gasteiger partial charge is 0.399 e. The van der Waals surface area contributed by atoms with Crippen molar-refractivity contribution in [2.75, 3.05) is 5.73 Å². The number of hydrogen-bond donors (Lipinski definition) is 2. The standard InChI is InChI=1S/C15H14BrFN2O/c1-9(10-2-4-11(16)5-3-10)19-15(20)13-8-12(18)6-7-14(13)17/h2-9H,18H2,1H3,(H,19,20)/t9-/m0/s1. The minimum atomic E-state index is -0.584. The van der Waals surface area contributed by atoms with Crippen LogP contribution in [0.2, 0.25) is 0 Å². The molecule has 0 unspecified atom stereocenters. The van der Waals surface area contributed by atoms with E-state index in [1.807, 2.05) is 31.2 Å². The number of anilines is 1. The molecule has 0 aromatic heterocycles. The molecular formula is C15H14BrFN2O.